The fourth-order valence-corrected chi connectivity index (χ4v) is 4.65. The predicted octanol–water partition coefficient (Wildman–Crippen LogP) is 5.09. The molecule has 0 aliphatic carbocycles. The molecular formula is C30H27F2N5O4. The van der Waals surface area contributed by atoms with Gasteiger partial charge in [-0.3, -0.25) is 9.59 Å². The van der Waals surface area contributed by atoms with E-state index >= 15 is 0 Å². The summed E-state index contributed by atoms with van der Waals surface area (Å²) in [5.41, 5.74) is 1.71. The molecule has 0 unspecified atom stereocenters. The first-order valence-electron chi connectivity index (χ1n) is 12.8. The largest absolute Gasteiger partial charge is 0.497 e. The van der Waals surface area contributed by atoms with E-state index in [-0.39, 0.29) is 47.4 Å². The molecule has 3 heterocycles. The predicted molar refractivity (Wildman–Crippen MR) is 148 cm³/mol. The van der Waals surface area contributed by atoms with Crippen molar-refractivity contribution in [3.8, 4) is 22.8 Å². The van der Waals surface area contributed by atoms with Crippen LogP contribution in [0.3, 0.4) is 0 Å². The van der Waals surface area contributed by atoms with Crippen molar-refractivity contribution in [2.75, 3.05) is 26.1 Å². The Balaban J connectivity index is 1.53. The van der Waals surface area contributed by atoms with Gasteiger partial charge in [0, 0.05) is 24.4 Å². The van der Waals surface area contributed by atoms with Gasteiger partial charge in [-0.15, -0.1) is 0 Å². The Bertz CT molecular complexity index is 1610. The lowest BCUT2D eigenvalue weighted by molar-refractivity contribution is 0.0765. The minimum Gasteiger partial charge on any atom is -0.497 e. The molecule has 5 rings (SSSR count). The van der Waals surface area contributed by atoms with Gasteiger partial charge in [0.25, 0.3) is 11.8 Å². The number of anilines is 2. The lowest BCUT2D eigenvalue weighted by Gasteiger charge is -2.18. The zero-order valence-corrected chi connectivity index (χ0v) is 22.6. The van der Waals surface area contributed by atoms with E-state index in [4.69, 9.17) is 9.47 Å². The van der Waals surface area contributed by atoms with Crippen molar-refractivity contribution in [2.24, 2.45) is 0 Å². The van der Waals surface area contributed by atoms with E-state index in [2.05, 4.69) is 20.6 Å². The van der Waals surface area contributed by atoms with E-state index in [0.717, 1.165) is 17.7 Å². The van der Waals surface area contributed by atoms with Gasteiger partial charge in [0.15, 0.2) is 0 Å². The van der Waals surface area contributed by atoms with Gasteiger partial charge >= 0.3 is 0 Å². The summed E-state index contributed by atoms with van der Waals surface area (Å²) in [4.78, 5) is 36.2. The summed E-state index contributed by atoms with van der Waals surface area (Å²) in [6, 6.07) is 13.5. The summed E-state index contributed by atoms with van der Waals surface area (Å²) in [6.45, 7) is 2.58. The number of methoxy groups -OCH3 is 2. The number of carbonyl (C=O) groups is 2. The highest BCUT2D eigenvalue weighted by atomic mass is 19.1. The first-order valence-corrected chi connectivity index (χ1v) is 12.8. The summed E-state index contributed by atoms with van der Waals surface area (Å²) < 4.78 is 40.3. The van der Waals surface area contributed by atoms with Crippen molar-refractivity contribution in [3.63, 3.8) is 0 Å². The number of benzene rings is 2. The third-order valence-electron chi connectivity index (χ3n) is 6.64. The molecule has 0 radical (unpaired) electrons. The molecule has 9 nitrogen and oxygen atoms in total. The molecule has 0 atom stereocenters. The fourth-order valence-electron chi connectivity index (χ4n) is 4.65. The lowest BCUT2D eigenvalue weighted by atomic mass is 10.1. The van der Waals surface area contributed by atoms with Crippen LogP contribution in [0.1, 0.15) is 38.9 Å². The topological polar surface area (TPSA) is 106 Å². The van der Waals surface area contributed by atoms with E-state index in [1.807, 2.05) is 6.92 Å². The SMILES string of the molecule is CCNC(=O)c1ccc(Nc2cc(-c3c(F)cccc3F)nc3c2C(=O)N(Cc2ccc(OC)cc2OC)C3)nc1. The zero-order chi connectivity index (χ0) is 29.1. The summed E-state index contributed by atoms with van der Waals surface area (Å²) in [6.07, 6.45) is 1.40. The number of ether oxygens (including phenoxy) is 2. The van der Waals surface area contributed by atoms with Gasteiger partial charge in [0.05, 0.1) is 61.1 Å². The van der Waals surface area contributed by atoms with Crippen LogP contribution in [0.4, 0.5) is 20.3 Å². The van der Waals surface area contributed by atoms with Gasteiger partial charge in [-0.2, -0.15) is 0 Å². The smallest absolute Gasteiger partial charge is 0.258 e. The molecule has 1 aliphatic heterocycles. The van der Waals surface area contributed by atoms with Crippen molar-refractivity contribution >= 4 is 23.3 Å². The number of carbonyl (C=O) groups excluding carboxylic acids is 2. The van der Waals surface area contributed by atoms with E-state index in [1.165, 1.54) is 25.4 Å². The van der Waals surface area contributed by atoms with Crippen LogP contribution in [0.2, 0.25) is 0 Å². The number of rotatable bonds is 9. The molecule has 0 bridgehead atoms. The second kappa shape index (κ2) is 11.6. The molecule has 2 aromatic carbocycles. The first-order chi connectivity index (χ1) is 19.8. The van der Waals surface area contributed by atoms with E-state index in [9.17, 15) is 18.4 Å². The molecule has 0 fully saturated rings. The lowest BCUT2D eigenvalue weighted by Crippen LogP contribution is -2.24. The number of amides is 2. The number of hydrogen-bond donors (Lipinski definition) is 2. The summed E-state index contributed by atoms with van der Waals surface area (Å²) in [7, 11) is 3.08. The molecule has 0 saturated heterocycles. The van der Waals surface area contributed by atoms with Gasteiger partial charge in [-0.05, 0) is 49.4 Å². The Kier molecular flexibility index (Phi) is 7.77. The van der Waals surface area contributed by atoms with Crippen LogP contribution in [0.5, 0.6) is 11.5 Å². The number of pyridine rings is 2. The average Bonchev–Trinajstić information content (AvgIpc) is 3.28. The molecule has 0 saturated carbocycles. The molecular weight excluding hydrogens is 532 g/mol. The maximum Gasteiger partial charge on any atom is 0.258 e. The maximum atomic E-state index is 14.8. The Labute approximate surface area is 235 Å². The fraction of sp³-hybridized carbons (Fsp3) is 0.200. The van der Waals surface area contributed by atoms with Crippen LogP contribution >= 0.6 is 0 Å². The van der Waals surface area contributed by atoms with Crippen LogP contribution in [-0.4, -0.2) is 47.4 Å². The number of aromatic nitrogens is 2. The number of nitrogens with one attached hydrogen (secondary N) is 2. The zero-order valence-electron chi connectivity index (χ0n) is 22.6. The highest BCUT2D eigenvalue weighted by Gasteiger charge is 2.33. The van der Waals surface area contributed by atoms with Gasteiger partial charge in [0.2, 0.25) is 0 Å². The molecule has 0 spiro atoms. The second-order valence-electron chi connectivity index (χ2n) is 9.23. The van der Waals surface area contributed by atoms with Crippen molar-refractivity contribution in [1.29, 1.82) is 0 Å². The van der Waals surface area contributed by atoms with Crippen LogP contribution in [0, 0.1) is 11.6 Å². The van der Waals surface area contributed by atoms with Crippen LogP contribution in [-0.2, 0) is 13.1 Å². The summed E-state index contributed by atoms with van der Waals surface area (Å²) >= 11 is 0. The van der Waals surface area contributed by atoms with Crippen LogP contribution in [0.25, 0.3) is 11.3 Å². The molecule has 2 amide bonds. The average molecular weight is 560 g/mol. The Morgan fingerprint density at radius 1 is 1.02 bits per heavy atom. The molecule has 2 aromatic heterocycles. The monoisotopic (exact) mass is 559 g/mol. The number of nitrogens with zero attached hydrogens (tertiary/aromatic N) is 3. The Hall–Kier alpha value is -5.06. The number of fused-ring (bicyclic) bond motifs is 1. The van der Waals surface area contributed by atoms with Crippen molar-refractivity contribution in [3.05, 3.63) is 94.8 Å². The van der Waals surface area contributed by atoms with E-state index in [0.29, 0.717) is 35.1 Å². The third kappa shape index (κ3) is 5.51. The minimum absolute atomic E-state index is 0.0254. The highest BCUT2D eigenvalue weighted by Crippen LogP contribution is 2.37. The minimum atomic E-state index is -0.781. The Morgan fingerprint density at radius 3 is 2.46 bits per heavy atom. The van der Waals surface area contributed by atoms with Crippen molar-refractivity contribution in [1.82, 2.24) is 20.2 Å². The molecule has 11 heteroatoms. The van der Waals surface area contributed by atoms with E-state index in [1.54, 1.807) is 42.3 Å². The maximum absolute atomic E-state index is 14.8. The van der Waals surface area contributed by atoms with Gasteiger partial charge < -0.3 is 25.0 Å². The summed E-state index contributed by atoms with van der Waals surface area (Å²) in [5.74, 6) is -0.675. The quantitative estimate of drug-likeness (QED) is 0.294. The number of hydrogen-bond acceptors (Lipinski definition) is 7. The molecule has 41 heavy (non-hydrogen) atoms. The highest BCUT2D eigenvalue weighted by molar-refractivity contribution is 6.04. The van der Waals surface area contributed by atoms with Gasteiger partial charge in [0.1, 0.15) is 29.0 Å². The Morgan fingerprint density at radius 2 is 1.80 bits per heavy atom. The van der Waals surface area contributed by atoms with Gasteiger partial charge in [-0.25, -0.2) is 18.7 Å². The summed E-state index contributed by atoms with van der Waals surface area (Å²) in [5, 5.41) is 5.79. The standard InChI is InChI=1S/C30H27F2N5O4/c1-4-33-29(38)17-9-11-26(34-14-17)36-23-13-22(27-20(31)6-5-7-21(27)32)35-24-16-37(30(39)28(23)24)15-18-8-10-19(40-2)12-25(18)41-3/h5-14H,4,15-16H2,1-3H3,(H,33,38)(H,34,35,36). The number of halogens is 2. The molecule has 4 aromatic rings. The molecule has 1 aliphatic rings. The van der Waals surface area contributed by atoms with Gasteiger partial charge in [-0.1, -0.05) is 6.07 Å². The van der Waals surface area contributed by atoms with Crippen molar-refractivity contribution in [2.45, 2.75) is 20.0 Å². The second-order valence-corrected chi connectivity index (χ2v) is 9.23. The molecule has 2 N–H and O–H groups in total. The molecule has 210 valence electrons. The third-order valence-corrected chi connectivity index (χ3v) is 6.64. The van der Waals surface area contributed by atoms with Crippen molar-refractivity contribution < 1.29 is 27.8 Å². The van der Waals surface area contributed by atoms with Crippen LogP contribution in [0.15, 0.2) is 60.8 Å². The van der Waals surface area contributed by atoms with Crippen LogP contribution < -0.4 is 20.1 Å². The normalized spacial score (nSPS) is 12.2. The van der Waals surface area contributed by atoms with E-state index < -0.39 is 11.6 Å². The first kappa shape index (κ1) is 27.5.